The molecule has 0 aliphatic rings. The molecule has 0 spiro atoms. The van der Waals surface area contributed by atoms with Crippen molar-refractivity contribution in [3.63, 3.8) is 0 Å². The van der Waals surface area contributed by atoms with Gasteiger partial charge in [0.15, 0.2) is 0 Å². The summed E-state index contributed by atoms with van der Waals surface area (Å²) in [6.45, 7) is 2.25. The third kappa shape index (κ3) is 19.5. The van der Waals surface area contributed by atoms with Gasteiger partial charge in [0, 0.05) is 12.8 Å². The number of nitrogens with one attached hydrogen (secondary N) is 1. The summed E-state index contributed by atoms with van der Waals surface area (Å²) in [5.41, 5.74) is 0. The second-order valence-electron chi connectivity index (χ2n) is 8.07. The van der Waals surface area contributed by atoms with E-state index in [2.05, 4.69) is 12.2 Å². The number of unbranched alkanes of at least 4 members (excludes halogenated alkanes) is 14. The molecule has 0 aliphatic carbocycles. The van der Waals surface area contributed by atoms with Crippen LogP contribution in [0.5, 0.6) is 0 Å². The van der Waals surface area contributed by atoms with E-state index in [1.807, 2.05) is 0 Å². The molecule has 6 nitrogen and oxygen atoms in total. The average Bonchev–Trinajstić information content (AvgIpc) is 2.67. The first-order chi connectivity index (χ1) is 14.0. The number of rotatable bonds is 21. The molecule has 0 aliphatic heterocycles. The van der Waals surface area contributed by atoms with Crippen molar-refractivity contribution in [1.29, 1.82) is 0 Å². The maximum absolute atomic E-state index is 11.8. The molecule has 29 heavy (non-hydrogen) atoms. The van der Waals surface area contributed by atoms with Gasteiger partial charge in [0.1, 0.15) is 0 Å². The Balaban J connectivity index is 3.45. The van der Waals surface area contributed by atoms with Gasteiger partial charge >= 0.3 is 5.97 Å². The van der Waals surface area contributed by atoms with Crippen molar-refractivity contribution in [3.05, 3.63) is 0 Å². The zero-order valence-electron chi connectivity index (χ0n) is 18.4. The summed E-state index contributed by atoms with van der Waals surface area (Å²) in [5.74, 6) is -2.87. The standard InChI is InChI=1S/C23H43NO5/c1-2-3-4-5-6-7-8-9-10-11-12-13-14-15-16-17-21(25)24-20(23(28)29)18-19-22(26)27/h20H,2-19H2,1H3,(H,24,25)(H,26,27)(H,28,29)/p-1. The minimum Gasteiger partial charge on any atom is -0.548 e. The maximum atomic E-state index is 11.8. The molecular formula is C23H42NO5-. The van der Waals surface area contributed by atoms with E-state index in [9.17, 15) is 19.5 Å². The first-order valence-electron chi connectivity index (χ1n) is 11.7. The molecule has 0 saturated carbocycles. The third-order valence-corrected chi connectivity index (χ3v) is 5.27. The topological polar surface area (TPSA) is 107 Å². The second kappa shape index (κ2) is 19.7. The van der Waals surface area contributed by atoms with E-state index < -0.39 is 18.0 Å². The number of amides is 1. The fourth-order valence-corrected chi connectivity index (χ4v) is 3.44. The van der Waals surface area contributed by atoms with Gasteiger partial charge in [-0.3, -0.25) is 9.59 Å². The molecule has 2 N–H and O–H groups in total. The molecule has 170 valence electrons. The van der Waals surface area contributed by atoms with Gasteiger partial charge < -0.3 is 20.3 Å². The summed E-state index contributed by atoms with van der Waals surface area (Å²) in [6.07, 6.45) is 18.5. The van der Waals surface area contributed by atoms with Crippen LogP contribution in [0.15, 0.2) is 0 Å². The highest BCUT2D eigenvalue weighted by molar-refractivity contribution is 5.83. The molecule has 0 saturated heterocycles. The highest BCUT2D eigenvalue weighted by Gasteiger charge is 2.14. The molecular weight excluding hydrogens is 370 g/mol. The van der Waals surface area contributed by atoms with E-state index in [4.69, 9.17) is 5.11 Å². The quantitative estimate of drug-likeness (QED) is 0.273. The van der Waals surface area contributed by atoms with Crippen LogP contribution in [-0.4, -0.2) is 29.0 Å². The molecule has 0 aromatic heterocycles. The molecule has 6 heteroatoms. The van der Waals surface area contributed by atoms with Gasteiger partial charge in [-0.25, -0.2) is 0 Å². The van der Waals surface area contributed by atoms with Crippen molar-refractivity contribution in [3.8, 4) is 0 Å². The van der Waals surface area contributed by atoms with Crippen molar-refractivity contribution in [2.45, 2.75) is 129 Å². The lowest BCUT2D eigenvalue weighted by Gasteiger charge is -2.18. The van der Waals surface area contributed by atoms with Gasteiger partial charge in [0.05, 0.1) is 12.0 Å². The molecule has 1 amide bonds. The molecule has 0 rings (SSSR count). The number of hydrogen-bond acceptors (Lipinski definition) is 4. The van der Waals surface area contributed by atoms with Gasteiger partial charge in [-0.05, 0) is 12.8 Å². The van der Waals surface area contributed by atoms with Crippen LogP contribution in [0.1, 0.15) is 122 Å². The van der Waals surface area contributed by atoms with E-state index in [0.717, 1.165) is 19.3 Å². The van der Waals surface area contributed by atoms with Crippen molar-refractivity contribution in [2.75, 3.05) is 0 Å². The Morgan fingerprint density at radius 3 is 1.52 bits per heavy atom. The predicted molar refractivity (Wildman–Crippen MR) is 113 cm³/mol. The van der Waals surface area contributed by atoms with E-state index >= 15 is 0 Å². The lowest BCUT2D eigenvalue weighted by Crippen LogP contribution is -2.48. The summed E-state index contributed by atoms with van der Waals surface area (Å²) in [5, 5.41) is 21.9. The van der Waals surface area contributed by atoms with E-state index in [0.29, 0.717) is 0 Å². The van der Waals surface area contributed by atoms with Crippen LogP contribution in [0, 0.1) is 0 Å². The third-order valence-electron chi connectivity index (χ3n) is 5.27. The molecule has 0 heterocycles. The van der Waals surface area contributed by atoms with E-state index in [1.54, 1.807) is 0 Å². The fourth-order valence-electron chi connectivity index (χ4n) is 3.44. The molecule has 0 bridgehead atoms. The Labute approximate surface area is 176 Å². The van der Waals surface area contributed by atoms with Gasteiger partial charge in [-0.2, -0.15) is 0 Å². The molecule has 0 radical (unpaired) electrons. The highest BCUT2D eigenvalue weighted by atomic mass is 16.4. The van der Waals surface area contributed by atoms with Crippen LogP contribution in [-0.2, 0) is 14.4 Å². The van der Waals surface area contributed by atoms with Gasteiger partial charge in [-0.1, -0.05) is 96.8 Å². The number of hydrogen-bond donors (Lipinski definition) is 2. The number of carbonyl (C=O) groups excluding carboxylic acids is 2. The van der Waals surface area contributed by atoms with Crippen LogP contribution < -0.4 is 10.4 Å². The van der Waals surface area contributed by atoms with Crippen LogP contribution >= 0.6 is 0 Å². The molecule has 0 aromatic rings. The van der Waals surface area contributed by atoms with Crippen LogP contribution in [0.4, 0.5) is 0 Å². The monoisotopic (exact) mass is 412 g/mol. The van der Waals surface area contributed by atoms with E-state index in [-0.39, 0.29) is 25.2 Å². The summed E-state index contributed by atoms with van der Waals surface area (Å²) in [6, 6.07) is -1.23. The summed E-state index contributed by atoms with van der Waals surface area (Å²) >= 11 is 0. The van der Waals surface area contributed by atoms with Crippen LogP contribution in [0.2, 0.25) is 0 Å². The zero-order valence-corrected chi connectivity index (χ0v) is 18.4. The Morgan fingerprint density at radius 1 is 0.724 bits per heavy atom. The summed E-state index contributed by atoms with van der Waals surface area (Å²) in [7, 11) is 0. The Kier molecular flexibility index (Phi) is 18.6. The lowest BCUT2D eigenvalue weighted by molar-refractivity contribution is -0.308. The smallest absolute Gasteiger partial charge is 0.303 e. The lowest BCUT2D eigenvalue weighted by atomic mass is 10.0. The number of carbonyl (C=O) groups is 3. The maximum Gasteiger partial charge on any atom is 0.303 e. The normalized spacial score (nSPS) is 11.9. The first kappa shape index (κ1) is 27.4. The van der Waals surface area contributed by atoms with Crippen molar-refractivity contribution in [1.82, 2.24) is 5.32 Å². The highest BCUT2D eigenvalue weighted by Crippen LogP contribution is 2.13. The minimum atomic E-state index is -1.43. The molecule has 1 atom stereocenters. The van der Waals surface area contributed by atoms with Gasteiger partial charge in [0.2, 0.25) is 5.91 Å². The Hall–Kier alpha value is -1.59. The number of aliphatic carboxylic acids is 2. The molecule has 0 aromatic carbocycles. The summed E-state index contributed by atoms with van der Waals surface area (Å²) < 4.78 is 0. The molecule has 1 unspecified atom stereocenters. The first-order valence-corrected chi connectivity index (χ1v) is 11.7. The van der Waals surface area contributed by atoms with Crippen LogP contribution in [0.3, 0.4) is 0 Å². The molecule has 0 fully saturated rings. The Bertz CT molecular complexity index is 439. The number of carboxylic acid groups (broad SMARTS) is 2. The van der Waals surface area contributed by atoms with Crippen molar-refractivity contribution < 1.29 is 24.6 Å². The largest absolute Gasteiger partial charge is 0.548 e. The fraction of sp³-hybridized carbons (Fsp3) is 0.870. The summed E-state index contributed by atoms with van der Waals surface area (Å²) in [4.78, 5) is 33.2. The van der Waals surface area contributed by atoms with Crippen LogP contribution in [0.25, 0.3) is 0 Å². The Morgan fingerprint density at radius 2 is 1.14 bits per heavy atom. The van der Waals surface area contributed by atoms with Crippen molar-refractivity contribution >= 4 is 17.8 Å². The predicted octanol–water partition coefficient (Wildman–Crippen LogP) is 4.35. The average molecular weight is 413 g/mol. The minimum absolute atomic E-state index is 0.151. The van der Waals surface area contributed by atoms with Crippen molar-refractivity contribution in [2.24, 2.45) is 0 Å². The van der Waals surface area contributed by atoms with Gasteiger partial charge in [0.25, 0.3) is 0 Å². The zero-order chi connectivity index (χ0) is 21.7. The van der Waals surface area contributed by atoms with Gasteiger partial charge in [-0.15, -0.1) is 0 Å². The number of carboxylic acids is 2. The SMILES string of the molecule is CCCCCCCCCCCCCCCCCC(=O)NC(CCC(=O)O)C(=O)[O-]. The second-order valence-corrected chi connectivity index (χ2v) is 8.07. The van der Waals surface area contributed by atoms with E-state index in [1.165, 1.54) is 77.0 Å².